The number of halogens is 1. The minimum atomic E-state index is -3.10. The molecule has 0 radical (unpaired) electrons. The van der Waals surface area contributed by atoms with Crippen LogP contribution in [0.15, 0.2) is 24.3 Å². The zero-order valence-electron chi connectivity index (χ0n) is 16.6. The average molecular weight is 398 g/mol. The van der Waals surface area contributed by atoms with Gasteiger partial charge in [-0.2, -0.15) is 0 Å². The van der Waals surface area contributed by atoms with E-state index in [9.17, 15) is 17.6 Å². The Morgan fingerprint density at radius 3 is 2.26 bits per heavy atom. The molecule has 152 valence electrons. The molecule has 1 fully saturated rings. The van der Waals surface area contributed by atoms with Gasteiger partial charge < -0.3 is 5.32 Å². The van der Waals surface area contributed by atoms with Crippen LogP contribution in [-0.2, 0) is 14.6 Å². The van der Waals surface area contributed by atoms with Crippen molar-refractivity contribution in [3.8, 4) is 0 Å². The van der Waals surface area contributed by atoms with Gasteiger partial charge in [-0.1, -0.05) is 0 Å². The molecule has 0 atom stereocenters. The fraction of sp³-hybridized carbons (Fsp3) is 0.667. The molecule has 1 aliphatic carbocycles. The molecule has 2 rings (SSSR count). The lowest BCUT2D eigenvalue weighted by Gasteiger charge is -2.30. The van der Waals surface area contributed by atoms with Gasteiger partial charge in [-0.15, -0.1) is 0 Å². The Balaban J connectivity index is 1.68. The lowest BCUT2D eigenvalue weighted by atomic mass is 9.80. The standard InChI is InChI=1S/C21H32FNO3S/c1-21(2,3)27(25,26)15-16-6-8-17(9-7-16)20(24)5-4-14-23-19-12-10-18(22)11-13-19/h10-13,16-17,23H,4-9,14-15H2,1-3H3. The summed E-state index contributed by atoms with van der Waals surface area (Å²) >= 11 is 0. The van der Waals surface area contributed by atoms with E-state index in [1.165, 1.54) is 12.1 Å². The molecule has 0 saturated heterocycles. The first kappa shape index (κ1) is 21.9. The lowest BCUT2D eigenvalue weighted by molar-refractivity contribution is -0.124. The molecule has 0 unspecified atom stereocenters. The van der Waals surface area contributed by atoms with Crippen LogP contribution in [-0.4, -0.2) is 31.2 Å². The number of nitrogens with one attached hydrogen (secondary N) is 1. The number of hydrogen-bond acceptors (Lipinski definition) is 4. The summed E-state index contributed by atoms with van der Waals surface area (Å²) in [7, 11) is -3.10. The number of anilines is 1. The molecule has 1 aliphatic rings. The van der Waals surface area contributed by atoms with Crippen molar-refractivity contribution >= 4 is 21.3 Å². The van der Waals surface area contributed by atoms with Crippen LogP contribution in [0.2, 0.25) is 0 Å². The molecular weight excluding hydrogens is 365 g/mol. The van der Waals surface area contributed by atoms with Gasteiger partial charge in [0.15, 0.2) is 9.84 Å². The first-order valence-electron chi connectivity index (χ1n) is 9.83. The van der Waals surface area contributed by atoms with Crippen LogP contribution < -0.4 is 5.32 Å². The van der Waals surface area contributed by atoms with Crippen LogP contribution in [0.25, 0.3) is 0 Å². The van der Waals surface area contributed by atoms with E-state index in [1.54, 1.807) is 32.9 Å². The quantitative estimate of drug-likeness (QED) is 0.651. The first-order chi connectivity index (χ1) is 12.6. The summed E-state index contributed by atoms with van der Waals surface area (Å²) in [5.41, 5.74) is 0.851. The summed E-state index contributed by atoms with van der Waals surface area (Å²) in [6.07, 6.45) is 4.51. The van der Waals surface area contributed by atoms with E-state index < -0.39 is 14.6 Å². The summed E-state index contributed by atoms with van der Waals surface area (Å²) in [5.74, 6) is 0.511. The highest BCUT2D eigenvalue weighted by Gasteiger charge is 2.34. The molecular formula is C21H32FNO3S. The predicted octanol–water partition coefficient (Wildman–Crippen LogP) is 4.61. The van der Waals surface area contributed by atoms with Gasteiger partial charge >= 0.3 is 0 Å². The summed E-state index contributed by atoms with van der Waals surface area (Å²) < 4.78 is 36.8. The molecule has 1 aromatic carbocycles. The molecule has 1 aromatic rings. The number of rotatable bonds is 8. The van der Waals surface area contributed by atoms with Crippen LogP contribution in [0.5, 0.6) is 0 Å². The normalized spacial score (nSPS) is 21.0. The molecule has 0 amide bonds. The van der Waals surface area contributed by atoms with Gasteiger partial charge in [0.25, 0.3) is 0 Å². The first-order valence-corrected chi connectivity index (χ1v) is 11.5. The molecule has 1 N–H and O–H groups in total. The van der Waals surface area contributed by atoms with Crippen LogP contribution in [0.3, 0.4) is 0 Å². The minimum absolute atomic E-state index is 0.0735. The second-order valence-electron chi connectivity index (χ2n) is 8.61. The number of ketones is 1. The number of sulfone groups is 1. The van der Waals surface area contributed by atoms with Crippen LogP contribution in [0.4, 0.5) is 10.1 Å². The van der Waals surface area contributed by atoms with Crippen LogP contribution in [0.1, 0.15) is 59.3 Å². The second-order valence-corrected chi connectivity index (χ2v) is 11.4. The molecule has 27 heavy (non-hydrogen) atoms. The number of benzene rings is 1. The van der Waals surface area contributed by atoms with Crippen molar-refractivity contribution in [3.63, 3.8) is 0 Å². The average Bonchev–Trinajstić information content (AvgIpc) is 2.59. The largest absolute Gasteiger partial charge is 0.385 e. The van der Waals surface area contributed by atoms with E-state index in [-0.39, 0.29) is 29.2 Å². The molecule has 6 heteroatoms. The Hall–Kier alpha value is -1.43. The molecule has 0 bridgehead atoms. The second kappa shape index (κ2) is 9.18. The van der Waals surface area contributed by atoms with Gasteiger partial charge in [-0.25, -0.2) is 12.8 Å². The Morgan fingerprint density at radius 1 is 1.11 bits per heavy atom. The van der Waals surface area contributed by atoms with E-state index in [0.29, 0.717) is 13.0 Å². The summed E-state index contributed by atoms with van der Waals surface area (Å²) in [6, 6.07) is 6.19. The van der Waals surface area contributed by atoms with Crippen molar-refractivity contribution in [2.45, 2.75) is 64.0 Å². The third-order valence-corrected chi connectivity index (χ3v) is 8.24. The van der Waals surface area contributed by atoms with Gasteiger partial charge in [0, 0.05) is 24.6 Å². The fourth-order valence-corrected chi connectivity index (χ4v) is 4.93. The molecule has 0 aliphatic heterocycles. The highest BCUT2D eigenvalue weighted by molar-refractivity contribution is 7.92. The van der Waals surface area contributed by atoms with Gasteiger partial charge in [0.2, 0.25) is 0 Å². The van der Waals surface area contributed by atoms with Gasteiger partial charge in [0.1, 0.15) is 11.6 Å². The van der Waals surface area contributed by atoms with Crippen molar-refractivity contribution in [1.29, 1.82) is 0 Å². The highest BCUT2D eigenvalue weighted by atomic mass is 32.2. The summed E-state index contributed by atoms with van der Waals surface area (Å²) in [5, 5.41) is 3.19. The summed E-state index contributed by atoms with van der Waals surface area (Å²) in [6.45, 7) is 5.92. The van der Waals surface area contributed by atoms with Crippen molar-refractivity contribution < 1.29 is 17.6 Å². The van der Waals surface area contributed by atoms with Crippen molar-refractivity contribution in [2.24, 2.45) is 11.8 Å². The van der Waals surface area contributed by atoms with Crippen molar-refractivity contribution in [3.05, 3.63) is 30.1 Å². The summed E-state index contributed by atoms with van der Waals surface area (Å²) in [4.78, 5) is 12.4. The molecule has 0 aromatic heterocycles. The van der Waals surface area contributed by atoms with Gasteiger partial charge in [-0.3, -0.25) is 4.79 Å². The van der Waals surface area contributed by atoms with Crippen molar-refractivity contribution in [1.82, 2.24) is 0 Å². The van der Waals surface area contributed by atoms with Crippen molar-refractivity contribution in [2.75, 3.05) is 17.6 Å². The topological polar surface area (TPSA) is 63.2 Å². The number of hydrogen-bond donors (Lipinski definition) is 1. The minimum Gasteiger partial charge on any atom is -0.385 e. The Bertz CT molecular complexity index is 715. The van der Waals surface area contributed by atoms with Crippen LogP contribution in [0, 0.1) is 17.7 Å². The van der Waals surface area contributed by atoms with Crippen LogP contribution >= 0.6 is 0 Å². The Labute approximate surface area is 162 Å². The Kier molecular flexibility index (Phi) is 7.43. The predicted molar refractivity (Wildman–Crippen MR) is 108 cm³/mol. The van der Waals surface area contributed by atoms with E-state index >= 15 is 0 Å². The molecule has 0 spiro atoms. The third-order valence-electron chi connectivity index (χ3n) is 5.46. The van der Waals surface area contributed by atoms with E-state index in [2.05, 4.69) is 5.32 Å². The Morgan fingerprint density at radius 2 is 1.70 bits per heavy atom. The zero-order chi connectivity index (χ0) is 20.1. The maximum Gasteiger partial charge on any atom is 0.155 e. The van der Waals surface area contributed by atoms with Gasteiger partial charge in [0.05, 0.1) is 10.5 Å². The third kappa shape index (κ3) is 6.59. The molecule has 0 heterocycles. The molecule has 1 saturated carbocycles. The molecule has 4 nitrogen and oxygen atoms in total. The van der Waals surface area contributed by atoms with E-state index in [1.807, 2.05) is 0 Å². The monoisotopic (exact) mass is 397 g/mol. The fourth-order valence-electron chi connectivity index (χ4n) is 3.48. The number of Topliss-reactive ketones (excluding diaryl/α,β-unsaturated/α-hetero) is 1. The lowest BCUT2D eigenvalue weighted by Crippen LogP contribution is -2.35. The van der Waals surface area contributed by atoms with E-state index in [4.69, 9.17) is 0 Å². The van der Waals surface area contributed by atoms with E-state index in [0.717, 1.165) is 37.8 Å². The number of carbonyl (C=O) groups excluding carboxylic acids is 1. The highest BCUT2D eigenvalue weighted by Crippen LogP contribution is 2.33. The maximum atomic E-state index is 12.9. The maximum absolute atomic E-state index is 12.9. The smallest absolute Gasteiger partial charge is 0.155 e. The van der Waals surface area contributed by atoms with Gasteiger partial charge in [-0.05, 0) is 83.1 Å². The zero-order valence-corrected chi connectivity index (χ0v) is 17.4. The number of carbonyl (C=O) groups is 1. The SMILES string of the molecule is CC(C)(C)S(=O)(=O)CC1CCC(C(=O)CCCNc2ccc(F)cc2)CC1.